The molecule has 0 bridgehead atoms. The van der Waals surface area contributed by atoms with E-state index in [4.69, 9.17) is 0 Å². The Kier molecular flexibility index (Phi) is 5.33. The number of benzene rings is 2. The molecule has 2 rings (SSSR count). The number of nitrogens with zero attached hydrogens (tertiary/aromatic N) is 1. The van der Waals surface area contributed by atoms with E-state index in [1.807, 2.05) is 30.3 Å². The molecule has 21 heavy (non-hydrogen) atoms. The van der Waals surface area contributed by atoms with Crippen LogP contribution in [0.1, 0.15) is 15.9 Å². The Hall–Kier alpha value is -1.88. The van der Waals surface area contributed by atoms with Gasteiger partial charge in [0.15, 0.2) is 0 Å². The number of phenols is 1. The molecule has 0 aliphatic carbocycles. The lowest BCUT2D eigenvalue weighted by atomic mass is 10.1. The monoisotopic (exact) mass is 351 g/mol. The number of aromatic hydroxyl groups is 1. The molecular weight excluding hydrogens is 337 g/mol. The van der Waals surface area contributed by atoms with Gasteiger partial charge in [0.2, 0.25) is 0 Å². The van der Waals surface area contributed by atoms with Gasteiger partial charge in [0, 0.05) is 18.4 Å². The third kappa shape index (κ3) is 4.04. The van der Waals surface area contributed by atoms with Gasteiger partial charge < -0.3 is 10.0 Å². The molecule has 0 aliphatic rings. The summed E-state index contributed by atoms with van der Waals surface area (Å²) in [5, 5.41) is 10.4. The Morgan fingerprint density at radius 2 is 1.90 bits per heavy atom. The van der Waals surface area contributed by atoms with Gasteiger partial charge in [-0.2, -0.15) is 0 Å². The van der Waals surface area contributed by atoms with Crippen LogP contribution in [0.2, 0.25) is 0 Å². The van der Waals surface area contributed by atoms with Crippen LogP contribution in [-0.2, 0) is 6.54 Å². The maximum absolute atomic E-state index is 13.3. The second-order valence-electron chi connectivity index (χ2n) is 4.56. The Bertz CT molecular complexity index is 619. The Morgan fingerprint density at radius 1 is 1.19 bits per heavy atom. The minimum atomic E-state index is -0.547. The van der Waals surface area contributed by atoms with Crippen LogP contribution >= 0.6 is 15.9 Å². The highest BCUT2D eigenvalue weighted by Crippen LogP contribution is 2.21. The molecule has 0 spiro atoms. The fourth-order valence-electron chi connectivity index (χ4n) is 2.01. The molecule has 0 aromatic heterocycles. The van der Waals surface area contributed by atoms with Crippen molar-refractivity contribution < 1.29 is 14.3 Å². The molecule has 2 aromatic carbocycles. The maximum Gasteiger partial charge on any atom is 0.258 e. The summed E-state index contributed by atoms with van der Waals surface area (Å²) in [4.78, 5) is 14.1. The second-order valence-corrected chi connectivity index (χ2v) is 5.36. The van der Waals surface area contributed by atoms with Crippen LogP contribution in [-0.4, -0.2) is 27.8 Å². The molecule has 3 nitrogen and oxygen atoms in total. The SMILES string of the molecule is O=C(c1cc(F)ccc1O)N(CCBr)Cc1ccccc1. The van der Waals surface area contributed by atoms with E-state index in [1.165, 1.54) is 6.07 Å². The fraction of sp³-hybridized carbons (Fsp3) is 0.188. The zero-order chi connectivity index (χ0) is 15.2. The Balaban J connectivity index is 2.25. The molecule has 0 heterocycles. The van der Waals surface area contributed by atoms with Crippen molar-refractivity contribution in [1.29, 1.82) is 0 Å². The standard InChI is InChI=1S/C16H15BrFNO2/c17-8-9-19(11-12-4-2-1-3-5-12)16(21)14-10-13(18)6-7-15(14)20/h1-7,10,20H,8-9,11H2. The van der Waals surface area contributed by atoms with Crippen molar-refractivity contribution in [1.82, 2.24) is 4.90 Å². The van der Waals surface area contributed by atoms with Gasteiger partial charge in [0.05, 0.1) is 5.56 Å². The smallest absolute Gasteiger partial charge is 0.258 e. The van der Waals surface area contributed by atoms with Crippen LogP contribution in [0.3, 0.4) is 0 Å². The summed E-state index contributed by atoms with van der Waals surface area (Å²) in [5.41, 5.74) is 0.953. The van der Waals surface area contributed by atoms with Crippen molar-refractivity contribution in [2.75, 3.05) is 11.9 Å². The minimum Gasteiger partial charge on any atom is -0.507 e. The number of halogens is 2. The van der Waals surface area contributed by atoms with Crippen LogP contribution in [0.15, 0.2) is 48.5 Å². The molecule has 2 aromatic rings. The van der Waals surface area contributed by atoms with Gasteiger partial charge in [-0.05, 0) is 23.8 Å². The summed E-state index contributed by atoms with van der Waals surface area (Å²) in [6.45, 7) is 0.866. The molecule has 0 aliphatic heterocycles. The fourth-order valence-corrected chi connectivity index (χ4v) is 2.44. The second kappa shape index (κ2) is 7.22. The van der Waals surface area contributed by atoms with E-state index in [0.717, 1.165) is 17.7 Å². The van der Waals surface area contributed by atoms with Gasteiger partial charge in [-0.25, -0.2) is 4.39 Å². The maximum atomic E-state index is 13.3. The van der Waals surface area contributed by atoms with E-state index in [-0.39, 0.29) is 11.3 Å². The molecule has 0 saturated heterocycles. The van der Waals surface area contributed by atoms with E-state index >= 15 is 0 Å². The van der Waals surface area contributed by atoms with E-state index in [1.54, 1.807) is 4.90 Å². The molecule has 0 unspecified atom stereocenters. The first-order valence-electron chi connectivity index (χ1n) is 6.49. The van der Waals surface area contributed by atoms with Gasteiger partial charge in [0.25, 0.3) is 5.91 Å². The molecule has 1 amide bonds. The highest BCUT2D eigenvalue weighted by atomic mass is 79.9. The first-order chi connectivity index (χ1) is 10.1. The number of carbonyl (C=O) groups excluding carboxylic acids is 1. The summed E-state index contributed by atoms with van der Waals surface area (Å²) < 4.78 is 13.3. The molecule has 5 heteroatoms. The molecule has 0 fully saturated rings. The first kappa shape index (κ1) is 15.5. The zero-order valence-corrected chi connectivity index (χ0v) is 12.9. The van der Waals surface area contributed by atoms with Gasteiger partial charge in [-0.15, -0.1) is 0 Å². The molecule has 1 N–H and O–H groups in total. The van der Waals surface area contributed by atoms with Gasteiger partial charge in [0.1, 0.15) is 11.6 Å². The lowest BCUT2D eigenvalue weighted by molar-refractivity contribution is 0.0751. The number of hydrogen-bond donors (Lipinski definition) is 1. The van der Waals surface area contributed by atoms with Crippen LogP contribution in [0, 0.1) is 5.82 Å². The normalized spacial score (nSPS) is 10.4. The third-order valence-electron chi connectivity index (χ3n) is 3.05. The number of carbonyl (C=O) groups is 1. The zero-order valence-electron chi connectivity index (χ0n) is 11.3. The summed E-state index contributed by atoms with van der Waals surface area (Å²) in [7, 11) is 0. The number of phenolic OH excluding ortho intramolecular Hbond substituents is 1. The van der Waals surface area contributed by atoms with Crippen LogP contribution in [0.25, 0.3) is 0 Å². The largest absolute Gasteiger partial charge is 0.507 e. The van der Waals surface area contributed by atoms with Gasteiger partial charge in [-0.1, -0.05) is 46.3 Å². The lowest BCUT2D eigenvalue weighted by Gasteiger charge is -2.22. The summed E-state index contributed by atoms with van der Waals surface area (Å²) in [6.07, 6.45) is 0. The molecule has 0 atom stereocenters. The molecule has 0 saturated carbocycles. The number of alkyl halides is 1. The van der Waals surface area contributed by atoms with Crippen molar-refractivity contribution in [3.63, 3.8) is 0 Å². The van der Waals surface area contributed by atoms with E-state index < -0.39 is 11.7 Å². The van der Waals surface area contributed by atoms with Crippen LogP contribution in [0.5, 0.6) is 5.75 Å². The summed E-state index contributed by atoms with van der Waals surface area (Å²) >= 11 is 3.31. The topological polar surface area (TPSA) is 40.5 Å². The van der Waals surface area contributed by atoms with Crippen molar-refractivity contribution in [2.45, 2.75) is 6.54 Å². The van der Waals surface area contributed by atoms with Crippen molar-refractivity contribution in [3.8, 4) is 5.75 Å². The first-order valence-corrected chi connectivity index (χ1v) is 7.61. The van der Waals surface area contributed by atoms with Gasteiger partial charge in [-0.3, -0.25) is 4.79 Å². The summed E-state index contributed by atoms with van der Waals surface area (Å²) in [6, 6.07) is 12.9. The van der Waals surface area contributed by atoms with E-state index in [9.17, 15) is 14.3 Å². The Labute approximate surface area is 131 Å². The number of rotatable bonds is 5. The van der Waals surface area contributed by atoms with Crippen LogP contribution in [0.4, 0.5) is 4.39 Å². The van der Waals surface area contributed by atoms with Crippen molar-refractivity contribution in [3.05, 3.63) is 65.5 Å². The van der Waals surface area contributed by atoms with Gasteiger partial charge >= 0.3 is 0 Å². The highest BCUT2D eigenvalue weighted by molar-refractivity contribution is 9.09. The number of hydrogen-bond acceptors (Lipinski definition) is 2. The van der Waals surface area contributed by atoms with E-state index in [0.29, 0.717) is 18.4 Å². The quantitative estimate of drug-likeness (QED) is 0.836. The van der Waals surface area contributed by atoms with E-state index in [2.05, 4.69) is 15.9 Å². The average Bonchev–Trinajstić information content (AvgIpc) is 2.49. The summed E-state index contributed by atoms with van der Waals surface area (Å²) in [5.74, 6) is -1.15. The molecule has 110 valence electrons. The molecule has 0 radical (unpaired) electrons. The van der Waals surface area contributed by atoms with Crippen LogP contribution < -0.4 is 0 Å². The Morgan fingerprint density at radius 3 is 2.57 bits per heavy atom. The highest BCUT2D eigenvalue weighted by Gasteiger charge is 2.19. The van der Waals surface area contributed by atoms with Crippen molar-refractivity contribution >= 4 is 21.8 Å². The third-order valence-corrected chi connectivity index (χ3v) is 3.40. The van der Waals surface area contributed by atoms with Crippen molar-refractivity contribution in [2.24, 2.45) is 0 Å². The number of amides is 1. The molecular formula is C16H15BrFNO2. The minimum absolute atomic E-state index is 0.0214. The predicted molar refractivity (Wildman–Crippen MR) is 83.0 cm³/mol. The lowest BCUT2D eigenvalue weighted by Crippen LogP contribution is -2.32. The predicted octanol–water partition coefficient (Wildman–Crippen LogP) is 3.57. The average molecular weight is 352 g/mol.